The van der Waals surface area contributed by atoms with Gasteiger partial charge < -0.3 is 4.74 Å². The van der Waals surface area contributed by atoms with E-state index in [2.05, 4.69) is 4.72 Å². The molecule has 0 saturated carbocycles. The van der Waals surface area contributed by atoms with Crippen molar-refractivity contribution < 1.29 is 13.2 Å². The molecule has 118 valence electrons. The fourth-order valence-corrected chi connectivity index (χ4v) is 4.01. The Bertz CT molecular complexity index is 748. The van der Waals surface area contributed by atoms with E-state index in [0.717, 1.165) is 9.13 Å². The van der Waals surface area contributed by atoms with Crippen LogP contribution in [0.3, 0.4) is 0 Å². The number of ether oxygens (including phenoxy) is 1. The summed E-state index contributed by atoms with van der Waals surface area (Å²) >= 11 is 7.86. The van der Waals surface area contributed by atoms with Crippen molar-refractivity contribution in [1.82, 2.24) is 4.72 Å². The van der Waals surface area contributed by atoms with Crippen LogP contribution in [0.4, 0.5) is 0 Å². The molecule has 4 nitrogen and oxygen atoms in total. The molecule has 0 aliphatic rings. The van der Waals surface area contributed by atoms with Crippen LogP contribution in [0, 0.1) is 3.57 Å². The van der Waals surface area contributed by atoms with Crippen LogP contribution in [0.25, 0.3) is 0 Å². The Balaban J connectivity index is 2.02. The Morgan fingerprint density at radius 1 is 1.18 bits per heavy atom. The first-order chi connectivity index (χ1) is 10.4. The van der Waals surface area contributed by atoms with Crippen LogP contribution in [0.5, 0.6) is 5.75 Å². The van der Waals surface area contributed by atoms with Gasteiger partial charge in [-0.15, -0.1) is 0 Å². The van der Waals surface area contributed by atoms with Crippen molar-refractivity contribution in [3.63, 3.8) is 0 Å². The van der Waals surface area contributed by atoms with E-state index in [9.17, 15) is 8.42 Å². The van der Waals surface area contributed by atoms with Gasteiger partial charge in [0.25, 0.3) is 0 Å². The monoisotopic (exact) mass is 451 g/mol. The molecule has 2 aromatic carbocycles. The van der Waals surface area contributed by atoms with E-state index in [-0.39, 0.29) is 4.90 Å². The van der Waals surface area contributed by atoms with Crippen molar-refractivity contribution in [3.8, 4) is 5.75 Å². The van der Waals surface area contributed by atoms with Crippen molar-refractivity contribution in [2.45, 2.75) is 11.3 Å². The van der Waals surface area contributed by atoms with E-state index in [1.807, 2.05) is 34.7 Å². The van der Waals surface area contributed by atoms with Gasteiger partial charge in [-0.2, -0.15) is 0 Å². The average Bonchev–Trinajstić information content (AvgIpc) is 2.49. The Morgan fingerprint density at radius 2 is 1.86 bits per heavy atom. The average molecular weight is 452 g/mol. The smallest absolute Gasteiger partial charge is 0.240 e. The lowest BCUT2D eigenvalue weighted by Crippen LogP contribution is -2.26. The minimum Gasteiger partial charge on any atom is -0.496 e. The lowest BCUT2D eigenvalue weighted by molar-refractivity contribution is 0.411. The maximum atomic E-state index is 12.3. The first kappa shape index (κ1) is 17.5. The molecular weight excluding hydrogens is 437 g/mol. The maximum Gasteiger partial charge on any atom is 0.240 e. The highest BCUT2D eigenvalue weighted by Crippen LogP contribution is 2.23. The zero-order chi connectivity index (χ0) is 16.2. The molecule has 0 saturated heterocycles. The van der Waals surface area contributed by atoms with Crippen molar-refractivity contribution >= 4 is 44.2 Å². The topological polar surface area (TPSA) is 55.4 Å². The second kappa shape index (κ2) is 7.63. The molecule has 0 spiro atoms. The number of nitrogens with one attached hydrogen (secondary N) is 1. The molecule has 0 fully saturated rings. The number of sulfonamides is 1. The van der Waals surface area contributed by atoms with E-state index in [1.54, 1.807) is 31.4 Å². The maximum absolute atomic E-state index is 12.3. The molecule has 0 bridgehead atoms. The van der Waals surface area contributed by atoms with Crippen molar-refractivity contribution in [3.05, 3.63) is 56.6 Å². The molecule has 7 heteroatoms. The summed E-state index contributed by atoms with van der Waals surface area (Å²) in [4.78, 5) is 0.230. The van der Waals surface area contributed by atoms with Gasteiger partial charge in [-0.3, -0.25) is 0 Å². The van der Waals surface area contributed by atoms with Gasteiger partial charge >= 0.3 is 0 Å². The second-order valence-corrected chi connectivity index (χ2v) is 7.94. The standard InChI is InChI=1S/C15H15ClINO3S/c1-21-15-7-6-13(10-14(15)17)22(19,20)18-9-8-11-2-4-12(16)5-3-11/h2-7,10,18H,8-9H2,1H3. The highest BCUT2D eigenvalue weighted by molar-refractivity contribution is 14.1. The van der Waals surface area contributed by atoms with Gasteiger partial charge in [-0.25, -0.2) is 13.1 Å². The Hall–Kier alpha value is -0.830. The van der Waals surface area contributed by atoms with E-state index in [1.165, 1.54) is 6.07 Å². The summed E-state index contributed by atoms with van der Waals surface area (Å²) in [5.74, 6) is 0.653. The van der Waals surface area contributed by atoms with Gasteiger partial charge in [-0.1, -0.05) is 23.7 Å². The largest absolute Gasteiger partial charge is 0.496 e. The van der Waals surface area contributed by atoms with Crippen LogP contribution in [0.1, 0.15) is 5.56 Å². The molecule has 22 heavy (non-hydrogen) atoms. The second-order valence-electron chi connectivity index (χ2n) is 4.57. The van der Waals surface area contributed by atoms with Crippen molar-refractivity contribution in [1.29, 1.82) is 0 Å². The van der Waals surface area contributed by atoms with E-state index in [0.29, 0.717) is 23.7 Å². The van der Waals surface area contributed by atoms with Crippen LogP contribution >= 0.6 is 34.2 Å². The Kier molecular flexibility index (Phi) is 6.08. The summed E-state index contributed by atoms with van der Waals surface area (Å²) in [6.07, 6.45) is 0.601. The lowest BCUT2D eigenvalue weighted by Gasteiger charge is -2.09. The number of halogens is 2. The zero-order valence-corrected chi connectivity index (χ0v) is 15.6. The normalized spacial score (nSPS) is 11.4. The van der Waals surface area contributed by atoms with Gasteiger partial charge in [0.15, 0.2) is 0 Å². The van der Waals surface area contributed by atoms with Crippen LogP contribution in [0.2, 0.25) is 5.02 Å². The third-order valence-corrected chi connectivity index (χ3v) is 5.61. The minimum absolute atomic E-state index is 0.230. The molecule has 0 atom stereocenters. The molecule has 0 aliphatic heterocycles. The third-order valence-electron chi connectivity index (χ3n) is 3.05. The number of rotatable bonds is 6. The third kappa shape index (κ3) is 4.58. The first-order valence-electron chi connectivity index (χ1n) is 6.50. The van der Waals surface area contributed by atoms with Crippen LogP contribution in [-0.4, -0.2) is 22.1 Å². The molecular formula is C15H15ClINO3S. The molecule has 0 unspecified atom stereocenters. The Labute approximate surface area is 149 Å². The predicted molar refractivity (Wildman–Crippen MR) is 96.1 cm³/mol. The molecule has 1 N–H and O–H groups in total. The summed E-state index contributed by atoms with van der Waals surface area (Å²) in [5, 5.41) is 0.664. The molecule has 0 aliphatic carbocycles. The van der Waals surface area contributed by atoms with E-state index in [4.69, 9.17) is 16.3 Å². The zero-order valence-electron chi connectivity index (χ0n) is 11.8. The number of hydrogen-bond acceptors (Lipinski definition) is 3. The first-order valence-corrected chi connectivity index (χ1v) is 9.44. The van der Waals surface area contributed by atoms with Crippen molar-refractivity contribution in [2.24, 2.45) is 0 Å². The molecule has 2 rings (SSSR count). The van der Waals surface area contributed by atoms with E-state index < -0.39 is 10.0 Å². The summed E-state index contributed by atoms with van der Waals surface area (Å²) in [6, 6.07) is 12.1. The number of hydrogen-bond donors (Lipinski definition) is 1. The van der Waals surface area contributed by atoms with E-state index >= 15 is 0 Å². The summed E-state index contributed by atoms with van der Waals surface area (Å²) < 4.78 is 33.0. The fraction of sp³-hybridized carbons (Fsp3) is 0.200. The summed E-state index contributed by atoms with van der Waals surface area (Å²) in [6.45, 7) is 0.326. The highest BCUT2D eigenvalue weighted by Gasteiger charge is 2.15. The van der Waals surface area contributed by atoms with Gasteiger partial charge in [0.1, 0.15) is 5.75 Å². The minimum atomic E-state index is -3.52. The fourth-order valence-electron chi connectivity index (χ4n) is 1.88. The number of methoxy groups -OCH3 is 1. The SMILES string of the molecule is COc1ccc(S(=O)(=O)NCCc2ccc(Cl)cc2)cc1I. The summed E-state index contributed by atoms with van der Waals surface area (Å²) in [5.41, 5.74) is 1.02. The quantitative estimate of drug-likeness (QED) is 0.684. The van der Waals surface area contributed by atoms with Crippen LogP contribution < -0.4 is 9.46 Å². The van der Waals surface area contributed by atoms with Gasteiger partial charge in [0.05, 0.1) is 15.6 Å². The number of benzene rings is 2. The molecule has 0 radical (unpaired) electrons. The molecule has 0 aromatic heterocycles. The summed E-state index contributed by atoms with van der Waals surface area (Å²) in [7, 11) is -1.97. The van der Waals surface area contributed by atoms with Crippen molar-refractivity contribution in [2.75, 3.05) is 13.7 Å². The predicted octanol–water partition coefficient (Wildman–Crippen LogP) is 3.47. The van der Waals surface area contributed by atoms with Gasteiger partial charge in [0.2, 0.25) is 10.0 Å². The molecule has 2 aromatic rings. The highest BCUT2D eigenvalue weighted by atomic mass is 127. The van der Waals surface area contributed by atoms with Crippen LogP contribution in [-0.2, 0) is 16.4 Å². The van der Waals surface area contributed by atoms with Gasteiger partial charge in [0, 0.05) is 11.6 Å². The van der Waals surface area contributed by atoms with Crippen LogP contribution in [0.15, 0.2) is 47.4 Å². The Morgan fingerprint density at radius 3 is 2.45 bits per heavy atom. The molecule has 0 amide bonds. The van der Waals surface area contributed by atoms with Gasteiger partial charge in [-0.05, 0) is 64.9 Å². The molecule has 0 heterocycles. The lowest BCUT2D eigenvalue weighted by atomic mass is 10.2.